The summed E-state index contributed by atoms with van der Waals surface area (Å²) in [7, 11) is 0. The average Bonchev–Trinajstić information content (AvgIpc) is 4.15. The van der Waals surface area contributed by atoms with Crippen LogP contribution in [0, 0.1) is 0 Å². The van der Waals surface area contributed by atoms with Crippen LogP contribution in [0.1, 0.15) is 5.56 Å². The van der Waals surface area contributed by atoms with Gasteiger partial charge in [0.25, 0.3) is 0 Å². The molecule has 0 spiro atoms. The third-order valence-corrected chi connectivity index (χ3v) is 16.3. The lowest BCUT2D eigenvalue weighted by molar-refractivity contribution is 0.977. The number of thiophene rings is 1. The minimum absolute atomic E-state index is 0.670. The number of benzene rings is 12. The maximum Gasteiger partial charge on any atom is 0.0547 e. The second-order valence-corrected chi connectivity index (χ2v) is 20.7. The van der Waals surface area contributed by atoms with Gasteiger partial charge in [0.05, 0.1) is 11.0 Å². The van der Waals surface area contributed by atoms with Gasteiger partial charge in [-0.05, 0) is 133 Å². The molecule has 14 rings (SSSR count). The van der Waals surface area contributed by atoms with Crippen molar-refractivity contribution in [1.82, 2.24) is 4.57 Å². The zero-order valence-corrected chi connectivity index (χ0v) is 42.5. The molecule has 0 saturated heterocycles. The number of anilines is 2. The molecule has 76 heavy (non-hydrogen) atoms. The first kappa shape index (κ1) is 45.1. The fourth-order valence-corrected chi connectivity index (χ4v) is 12.5. The smallest absolute Gasteiger partial charge is 0.0547 e. The fourth-order valence-electron chi connectivity index (χ4n) is 11.3. The normalized spacial score (nSPS) is 11.5. The molecule has 14 aromatic rings. The van der Waals surface area contributed by atoms with Gasteiger partial charge in [-0.2, -0.15) is 0 Å². The third-order valence-electron chi connectivity index (χ3n) is 15.2. The summed E-state index contributed by atoms with van der Waals surface area (Å²) in [4.78, 5) is 2.46. The molecule has 0 unspecified atom stereocenters. The standard InChI is InChI=1S/C73H50N2S/c1-3-15-50(16-4-1)52-29-33-54(34-30-52)56-37-41-61(42-38-56)74(62-43-39-57(40-44-62)55-35-31-53(32-36-55)51-17-5-2-6-18-51)49-60-19-7-8-22-64(60)58-20-13-21-59(47-58)65-25-14-27-70-73(65)68-24-9-11-26-69(68)75(70)63-45-46-67-66-23-10-12-28-71(66)76-72(67)48-63/h1-48H,49H2. The van der Waals surface area contributed by atoms with Gasteiger partial charge >= 0.3 is 0 Å². The molecule has 0 radical (unpaired) electrons. The molecular weight excluding hydrogens is 937 g/mol. The van der Waals surface area contributed by atoms with Gasteiger partial charge in [0, 0.05) is 54.6 Å². The van der Waals surface area contributed by atoms with E-state index in [0.717, 1.165) is 11.4 Å². The predicted octanol–water partition coefficient (Wildman–Crippen LogP) is 20.5. The van der Waals surface area contributed by atoms with E-state index in [4.69, 9.17) is 0 Å². The maximum absolute atomic E-state index is 2.46. The Labute approximate surface area is 447 Å². The summed E-state index contributed by atoms with van der Waals surface area (Å²) >= 11 is 1.87. The van der Waals surface area contributed by atoms with Crippen molar-refractivity contribution >= 4 is 64.7 Å². The summed E-state index contributed by atoms with van der Waals surface area (Å²) in [6.45, 7) is 0.670. The molecule has 0 aliphatic carbocycles. The molecule has 3 heteroatoms. The SMILES string of the molecule is c1ccc(-c2ccc(-c3ccc(N(Cc4ccccc4-c4cccc(-c5cccc6c5c5ccccc5n6-c5ccc6c(c5)sc5ccccc56)c4)c4ccc(-c5ccc(-c6ccccc6)cc5)cc4)cc3)cc2)cc1. The molecule has 0 atom stereocenters. The average molecular weight is 987 g/mol. The molecule has 0 saturated carbocycles. The summed E-state index contributed by atoms with van der Waals surface area (Å²) in [5.74, 6) is 0. The summed E-state index contributed by atoms with van der Waals surface area (Å²) in [5.41, 5.74) is 21.5. The largest absolute Gasteiger partial charge is 0.337 e. The van der Waals surface area contributed by atoms with Gasteiger partial charge in [-0.25, -0.2) is 0 Å². The maximum atomic E-state index is 2.46. The zero-order chi connectivity index (χ0) is 50.4. The molecular formula is C73H50N2S. The highest BCUT2D eigenvalue weighted by molar-refractivity contribution is 7.25. The van der Waals surface area contributed by atoms with Crippen molar-refractivity contribution in [3.63, 3.8) is 0 Å². The molecule has 0 N–H and O–H groups in total. The number of rotatable bonds is 11. The molecule has 0 aliphatic heterocycles. The lowest BCUT2D eigenvalue weighted by atomic mass is 9.93. The van der Waals surface area contributed by atoms with Crippen molar-refractivity contribution in [3.8, 4) is 72.4 Å². The monoisotopic (exact) mass is 986 g/mol. The molecule has 12 aromatic carbocycles. The Morgan fingerprint density at radius 2 is 0.724 bits per heavy atom. The second kappa shape index (κ2) is 19.4. The van der Waals surface area contributed by atoms with Crippen LogP contribution in [-0.2, 0) is 6.54 Å². The Balaban J connectivity index is 0.821. The second-order valence-electron chi connectivity index (χ2n) is 19.6. The van der Waals surface area contributed by atoms with Crippen LogP contribution in [0.5, 0.6) is 0 Å². The van der Waals surface area contributed by atoms with Gasteiger partial charge in [0.1, 0.15) is 0 Å². The van der Waals surface area contributed by atoms with Gasteiger partial charge in [0.15, 0.2) is 0 Å². The summed E-state index contributed by atoms with van der Waals surface area (Å²) < 4.78 is 5.07. The van der Waals surface area contributed by atoms with Crippen LogP contribution in [0.4, 0.5) is 11.4 Å². The molecule has 2 nitrogen and oxygen atoms in total. The van der Waals surface area contributed by atoms with Gasteiger partial charge in [-0.1, -0.05) is 231 Å². The van der Waals surface area contributed by atoms with E-state index in [9.17, 15) is 0 Å². The zero-order valence-electron chi connectivity index (χ0n) is 41.7. The number of fused-ring (bicyclic) bond motifs is 6. The lowest BCUT2D eigenvalue weighted by Gasteiger charge is -2.27. The molecule has 0 bridgehead atoms. The molecule has 2 aromatic heterocycles. The number of hydrogen-bond donors (Lipinski definition) is 0. The van der Waals surface area contributed by atoms with Gasteiger partial charge in [-0.15, -0.1) is 11.3 Å². The molecule has 0 amide bonds. The van der Waals surface area contributed by atoms with Crippen LogP contribution >= 0.6 is 11.3 Å². The van der Waals surface area contributed by atoms with Crippen molar-refractivity contribution in [2.75, 3.05) is 4.90 Å². The first-order chi connectivity index (χ1) is 37.7. The Morgan fingerprint density at radius 1 is 0.289 bits per heavy atom. The number of hydrogen-bond acceptors (Lipinski definition) is 2. The van der Waals surface area contributed by atoms with Crippen LogP contribution in [0.25, 0.3) is 114 Å². The van der Waals surface area contributed by atoms with E-state index in [2.05, 4.69) is 301 Å². The first-order valence-electron chi connectivity index (χ1n) is 26.1. The first-order valence-corrected chi connectivity index (χ1v) is 26.9. The van der Waals surface area contributed by atoms with Crippen LogP contribution in [0.2, 0.25) is 0 Å². The molecule has 2 heterocycles. The van der Waals surface area contributed by atoms with Crippen molar-refractivity contribution in [3.05, 3.63) is 297 Å². The molecule has 358 valence electrons. The van der Waals surface area contributed by atoms with Crippen molar-refractivity contribution in [2.24, 2.45) is 0 Å². The molecule has 0 fully saturated rings. The van der Waals surface area contributed by atoms with E-state index in [1.54, 1.807) is 0 Å². The van der Waals surface area contributed by atoms with Gasteiger partial charge in [-0.3, -0.25) is 0 Å². The van der Waals surface area contributed by atoms with Crippen molar-refractivity contribution in [1.29, 1.82) is 0 Å². The third kappa shape index (κ3) is 8.34. The predicted molar refractivity (Wildman–Crippen MR) is 325 cm³/mol. The van der Waals surface area contributed by atoms with Crippen LogP contribution in [0.15, 0.2) is 291 Å². The van der Waals surface area contributed by atoms with Gasteiger partial charge < -0.3 is 9.47 Å². The van der Waals surface area contributed by atoms with E-state index in [-0.39, 0.29) is 0 Å². The summed E-state index contributed by atoms with van der Waals surface area (Å²) in [6.07, 6.45) is 0. The van der Waals surface area contributed by atoms with Crippen molar-refractivity contribution < 1.29 is 0 Å². The van der Waals surface area contributed by atoms with Crippen LogP contribution < -0.4 is 4.90 Å². The molecule has 0 aliphatic rings. The van der Waals surface area contributed by atoms with E-state index >= 15 is 0 Å². The summed E-state index contributed by atoms with van der Waals surface area (Å²) in [5, 5.41) is 5.14. The van der Waals surface area contributed by atoms with Crippen LogP contribution in [-0.4, -0.2) is 4.57 Å². The van der Waals surface area contributed by atoms with Crippen LogP contribution in [0.3, 0.4) is 0 Å². The highest BCUT2D eigenvalue weighted by Crippen LogP contribution is 2.42. The lowest BCUT2D eigenvalue weighted by Crippen LogP contribution is -2.17. The topological polar surface area (TPSA) is 8.17 Å². The van der Waals surface area contributed by atoms with E-state index < -0.39 is 0 Å². The quantitative estimate of drug-likeness (QED) is 0.125. The van der Waals surface area contributed by atoms with E-state index in [1.165, 1.54) is 120 Å². The number of aromatic nitrogens is 1. The Hall–Kier alpha value is -9.54. The van der Waals surface area contributed by atoms with E-state index in [1.807, 2.05) is 11.3 Å². The Bertz CT molecular complexity index is 4250. The summed E-state index contributed by atoms with van der Waals surface area (Å²) in [6, 6.07) is 107. The number of para-hydroxylation sites is 1. The van der Waals surface area contributed by atoms with E-state index in [0.29, 0.717) is 6.54 Å². The Morgan fingerprint density at radius 3 is 1.34 bits per heavy atom. The van der Waals surface area contributed by atoms with Gasteiger partial charge in [0.2, 0.25) is 0 Å². The fraction of sp³-hybridized carbons (Fsp3) is 0.0137. The Kier molecular flexibility index (Phi) is 11.5. The highest BCUT2D eigenvalue weighted by Gasteiger charge is 2.19. The highest BCUT2D eigenvalue weighted by atomic mass is 32.1. The van der Waals surface area contributed by atoms with Crippen molar-refractivity contribution in [2.45, 2.75) is 6.54 Å². The minimum atomic E-state index is 0.670. The minimum Gasteiger partial charge on any atom is -0.337 e. The number of nitrogens with zero attached hydrogens (tertiary/aromatic N) is 2.